The Kier molecular flexibility index (Phi) is 4.84. The van der Waals surface area contributed by atoms with Crippen LogP contribution in [0, 0.1) is 0 Å². The highest BCUT2D eigenvalue weighted by atomic mass is 79.9. The van der Waals surface area contributed by atoms with E-state index in [1.165, 1.54) is 0 Å². The Hall–Kier alpha value is -0.620. The van der Waals surface area contributed by atoms with Gasteiger partial charge in [-0.2, -0.15) is 0 Å². The fourth-order valence-corrected chi connectivity index (χ4v) is 3.07. The minimum Gasteiger partial charge on any atom is -0.389 e. The zero-order chi connectivity index (χ0) is 14.0. The van der Waals surface area contributed by atoms with E-state index in [4.69, 9.17) is 29.6 Å². The number of anilines is 2. The van der Waals surface area contributed by atoms with Gasteiger partial charge in [0.25, 0.3) is 0 Å². The van der Waals surface area contributed by atoms with E-state index in [1.54, 1.807) is 0 Å². The highest BCUT2D eigenvalue weighted by molar-refractivity contribution is 9.10. The molecule has 0 heterocycles. The van der Waals surface area contributed by atoms with Crippen LogP contribution in [0.25, 0.3) is 0 Å². The van der Waals surface area contributed by atoms with E-state index in [-0.39, 0.29) is 0 Å². The summed E-state index contributed by atoms with van der Waals surface area (Å²) >= 11 is 18.1. The van der Waals surface area contributed by atoms with Crippen molar-refractivity contribution in [3.63, 3.8) is 0 Å². The fourth-order valence-electron chi connectivity index (χ4n) is 1.62. The van der Waals surface area contributed by atoms with E-state index in [0.717, 1.165) is 25.9 Å². The van der Waals surface area contributed by atoms with Crippen molar-refractivity contribution in [1.82, 2.24) is 0 Å². The average Bonchev–Trinajstić information content (AvgIpc) is 2.33. The Labute approximate surface area is 138 Å². The summed E-state index contributed by atoms with van der Waals surface area (Å²) in [4.78, 5) is 0.320. The first-order chi connectivity index (χ1) is 8.99. The third-order valence-corrected chi connectivity index (χ3v) is 4.15. The predicted octanol–water partition coefficient (Wildman–Crippen LogP) is 5.24. The van der Waals surface area contributed by atoms with Gasteiger partial charge in [-0.15, -0.1) is 0 Å². The molecular formula is C13H9Br2ClN2S. The molecule has 0 radical (unpaired) electrons. The summed E-state index contributed by atoms with van der Waals surface area (Å²) in [6.07, 6.45) is 0. The molecule has 0 fully saturated rings. The van der Waals surface area contributed by atoms with Crippen LogP contribution in [-0.4, -0.2) is 4.99 Å². The minimum atomic E-state index is 0.320. The van der Waals surface area contributed by atoms with E-state index in [1.807, 2.05) is 36.4 Å². The van der Waals surface area contributed by atoms with E-state index < -0.39 is 0 Å². The van der Waals surface area contributed by atoms with Gasteiger partial charge in [-0.25, -0.2) is 0 Å². The lowest BCUT2D eigenvalue weighted by atomic mass is 10.1. The first kappa shape index (κ1) is 14.8. The van der Waals surface area contributed by atoms with Crippen LogP contribution in [-0.2, 0) is 0 Å². The van der Waals surface area contributed by atoms with Crippen LogP contribution in [0.15, 0.2) is 45.3 Å². The zero-order valence-corrected chi connectivity index (χ0v) is 14.3. The summed E-state index contributed by atoms with van der Waals surface area (Å²) in [5, 5.41) is 3.87. The Morgan fingerprint density at radius 1 is 1.16 bits per heavy atom. The first-order valence-corrected chi connectivity index (χ1v) is 7.66. The van der Waals surface area contributed by atoms with Crippen LogP contribution >= 0.6 is 55.7 Å². The molecule has 2 aromatic carbocycles. The van der Waals surface area contributed by atoms with Crippen molar-refractivity contribution in [2.45, 2.75) is 0 Å². The van der Waals surface area contributed by atoms with Gasteiger partial charge in [-0.3, -0.25) is 0 Å². The van der Waals surface area contributed by atoms with Gasteiger partial charge in [0, 0.05) is 20.2 Å². The fraction of sp³-hybridized carbons (Fsp3) is 0. The molecule has 3 N–H and O–H groups in total. The second-order valence-corrected chi connectivity index (χ2v) is 6.39. The summed E-state index contributed by atoms with van der Waals surface area (Å²) in [5.74, 6) is 0. The molecule has 2 aromatic rings. The van der Waals surface area contributed by atoms with Crippen LogP contribution < -0.4 is 11.1 Å². The topological polar surface area (TPSA) is 38.0 Å². The maximum atomic E-state index is 6.16. The van der Waals surface area contributed by atoms with Crippen LogP contribution in [0.2, 0.25) is 5.02 Å². The zero-order valence-electron chi connectivity index (χ0n) is 9.58. The summed E-state index contributed by atoms with van der Waals surface area (Å²) in [7, 11) is 0. The van der Waals surface area contributed by atoms with Gasteiger partial charge in [0.15, 0.2) is 0 Å². The van der Waals surface area contributed by atoms with Crippen molar-refractivity contribution >= 4 is 72.0 Å². The molecule has 0 aromatic heterocycles. The van der Waals surface area contributed by atoms with Crippen LogP contribution in [0.5, 0.6) is 0 Å². The molecule has 19 heavy (non-hydrogen) atoms. The molecule has 0 aliphatic rings. The van der Waals surface area contributed by atoms with Crippen molar-refractivity contribution in [3.8, 4) is 0 Å². The van der Waals surface area contributed by atoms with Crippen LogP contribution in [0.1, 0.15) is 5.56 Å². The maximum absolute atomic E-state index is 6.16. The summed E-state index contributed by atoms with van der Waals surface area (Å²) in [5.41, 5.74) is 8.11. The normalized spacial score (nSPS) is 10.3. The van der Waals surface area contributed by atoms with E-state index in [0.29, 0.717) is 10.0 Å². The van der Waals surface area contributed by atoms with Crippen molar-refractivity contribution in [3.05, 3.63) is 55.9 Å². The van der Waals surface area contributed by atoms with Crippen molar-refractivity contribution in [1.29, 1.82) is 0 Å². The van der Waals surface area contributed by atoms with Gasteiger partial charge >= 0.3 is 0 Å². The van der Waals surface area contributed by atoms with Crippen LogP contribution in [0.4, 0.5) is 11.4 Å². The Bertz CT molecular complexity index is 647. The number of rotatable bonds is 3. The lowest BCUT2D eigenvalue weighted by molar-refractivity contribution is 1.49. The van der Waals surface area contributed by atoms with Crippen molar-refractivity contribution < 1.29 is 0 Å². The molecule has 0 unspecified atom stereocenters. The maximum Gasteiger partial charge on any atom is 0.107 e. The molecule has 98 valence electrons. The number of hydrogen-bond donors (Lipinski definition) is 2. The highest BCUT2D eigenvalue weighted by Gasteiger charge is 2.11. The SMILES string of the molecule is NC(=S)c1c(Br)cccc1Nc1cc(Br)ccc1Cl. The first-order valence-electron chi connectivity index (χ1n) is 5.29. The largest absolute Gasteiger partial charge is 0.389 e. The molecule has 2 nitrogen and oxygen atoms in total. The molecule has 0 bridgehead atoms. The molecule has 0 saturated carbocycles. The Morgan fingerprint density at radius 2 is 1.89 bits per heavy atom. The molecule has 0 atom stereocenters. The second kappa shape index (κ2) is 6.22. The molecule has 6 heteroatoms. The second-order valence-electron chi connectivity index (χ2n) is 3.78. The molecule has 2 rings (SSSR count). The average molecular weight is 421 g/mol. The third-order valence-electron chi connectivity index (χ3n) is 2.46. The van der Waals surface area contributed by atoms with Crippen LogP contribution in [0.3, 0.4) is 0 Å². The number of hydrogen-bond acceptors (Lipinski definition) is 2. The molecule has 0 spiro atoms. The highest BCUT2D eigenvalue weighted by Crippen LogP contribution is 2.32. The Balaban J connectivity index is 2.46. The third kappa shape index (κ3) is 3.48. The van der Waals surface area contributed by atoms with Gasteiger partial charge in [-0.1, -0.05) is 45.8 Å². The van der Waals surface area contributed by atoms with E-state index in [9.17, 15) is 0 Å². The van der Waals surface area contributed by atoms with Gasteiger partial charge in [0.2, 0.25) is 0 Å². The van der Waals surface area contributed by atoms with E-state index in [2.05, 4.69) is 37.2 Å². The van der Waals surface area contributed by atoms with Gasteiger partial charge in [-0.05, 0) is 46.3 Å². The van der Waals surface area contributed by atoms with Crippen molar-refractivity contribution in [2.75, 3.05) is 5.32 Å². The summed E-state index contributed by atoms with van der Waals surface area (Å²) in [6, 6.07) is 11.3. The molecular weight excluding hydrogens is 411 g/mol. The lowest BCUT2D eigenvalue weighted by Gasteiger charge is -2.14. The summed E-state index contributed by atoms with van der Waals surface area (Å²) in [6.45, 7) is 0. The standard InChI is InChI=1S/C13H9Br2ClN2S/c14-7-4-5-9(16)11(6-7)18-10-3-1-2-8(15)12(10)13(17)19/h1-6,18H,(H2,17,19). The quantitative estimate of drug-likeness (QED) is 0.667. The number of nitrogens with one attached hydrogen (secondary N) is 1. The molecule has 0 aliphatic heterocycles. The Morgan fingerprint density at radius 3 is 2.58 bits per heavy atom. The predicted molar refractivity (Wildman–Crippen MR) is 92.5 cm³/mol. The van der Waals surface area contributed by atoms with Gasteiger partial charge in [0.1, 0.15) is 4.99 Å². The number of thiocarbonyl (C=S) groups is 1. The number of nitrogens with two attached hydrogens (primary N) is 1. The minimum absolute atomic E-state index is 0.320. The molecule has 0 aliphatic carbocycles. The van der Waals surface area contributed by atoms with Gasteiger partial charge in [0.05, 0.1) is 10.7 Å². The molecule has 0 saturated heterocycles. The monoisotopic (exact) mass is 418 g/mol. The van der Waals surface area contributed by atoms with Crippen molar-refractivity contribution in [2.24, 2.45) is 5.73 Å². The molecule has 0 amide bonds. The summed E-state index contributed by atoms with van der Waals surface area (Å²) < 4.78 is 1.78. The van der Waals surface area contributed by atoms with Gasteiger partial charge < -0.3 is 11.1 Å². The number of halogens is 3. The smallest absolute Gasteiger partial charge is 0.107 e. The lowest BCUT2D eigenvalue weighted by Crippen LogP contribution is -2.12. The number of benzene rings is 2. The van der Waals surface area contributed by atoms with E-state index >= 15 is 0 Å².